The first-order valence-electron chi connectivity index (χ1n) is 6.99. The first kappa shape index (κ1) is 13.2. The Balaban J connectivity index is 1.60. The Labute approximate surface area is 116 Å². The van der Waals surface area contributed by atoms with Crippen molar-refractivity contribution in [1.29, 1.82) is 0 Å². The van der Waals surface area contributed by atoms with Gasteiger partial charge in [-0.25, -0.2) is 4.68 Å². The summed E-state index contributed by atoms with van der Waals surface area (Å²) in [7, 11) is 0. The van der Waals surface area contributed by atoms with Gasteiger partial charge in [0, 0.05) is 19.7 Å². The van der Waals surface area contributed by atoms with E-state index in [0.717, 1.165) is 26.0 Å². The van der Waals surface area contributed by atoms with Crippen molar-refractivity contribution in [2.24, 2.45) is 0 Å². The Bertz CT molecular complexity index is 634. The van der Waals surface area contributed by atoms with E-state index in [1.807, 2.05) is 12.1 Å². The van der Waals surface area contributed by atoms with Gasteiger partial charge < -0.3 is 10.1 Å². The fraction of sp³-hybridized carbons (Fsp3) is 0.500. The van der Waals surface area contributed by atoms with Crippen LogP contribution in [0.3, 0.4) is 0 Å². The molecule has 0 aliphatic carbocycles. The SMILES string of the molecule is O=c1c2ccccc2nnn1CCNCC1CCCO1. The van der Waals surface area contributed by atoms with E-state index in [-0.39, 0.29) is 5.56 Å². The lowest BCUT2D eigenvalue weighted by molar-refractivity contribution is 0.110. The minimum absolute atomic E-state index is 0.0884. The summed E-state index contributed by atoms with van der Waals surface area (Å²) < 4.78 is 6.94. The van der Waals surface area contributed by atoms with Gasteiger partial charge in [-0.1, -0.05) is 17.3 Å². The van der Waals surface area contributed by atoms with Crippen molar-refractivity contribution in [3.8, 4) is 0 Å². The number of fused-ring (bicyclic) bond motifs is 1. The van der Waals surface area contributed by atoms with Crippen LogP contribution in [0.5, 0.6) is 0 Å². The summed E-state index contributed by atoms with van der Waals surface area (Å²) in [5.41, 5.74) is 0.551. The predicted octanol–water partition coefficient (Wildman–Crippen LogP) is 0.560. The Morgan fingerprint density at radius 1 is 1.40 bits per heavy atom. The van der Waals surface area contributed by atoms with Crippen molar-refractivity contribution in [2.75, 3.05) is 19.7 Å². The van der Waals surface area contributed by atoms with E-state index in [9.17, 15) is 4.79 Å². The van der Waals surface area contributed by atoms with Crippen molar-refractivity contribution in [3.63, 3.8) is 0 Å². The fourth-order valence-corrected chi connectivity index (χ4v) is 2.42. The number of hydrogen-bond acceptors (Lipinski definition) is 5. The molecule has 106 valence electrons. The van der Waals surface area contributed by atoms with E-state index < -0.39 is 0 Å². The summed E-state index contributed by atoms with van der Waals surface area (Å²) in [6.45, 7) is 2.90. The van der Waals surface area contributed by atoms with Crippen LogP contribution in [-0.4, -0.2) is 40.8 Å². The highest BCUT2D eigenvalue weighted by atomic mass is 16.5. The van der Waals surface area contributed by atoms with Crippen molar-refractivity contribution in [1.82, 2.24) is 20.3 Å². The first-order chi connectivity index (χ1) is 9.84. The van der Waals surface area contributed by atoms with Crippen LogP contribution in [0.15, 0.2) is 29.1 Å². The van der Waals surface area contributed by atoms with Gasteiger partial charge in [-0.2, -0.15) is 0 Å². The second kappa shape index (κ2) is 6.11. The molecule has 20 heavy (non-hydrogen) atoms. The maximum Gasteiger partial charge on any atom is 0.277 e. The lowest BCUT2D eigenvalue weighted by atomic mass is 10.2. The number of hydrogen-bond donors (Lipinski definition) is 1. The number of benzene rings is 1. The van der Waals surface area contributed by atoms with Gasteiger partial charge in [-0.3, -0.25) is 4.79 Å². The number of rotatable bonds is 5. The topological polar surface area (TPSA) is 69.0 Å². The van der Waals surface area contributed by atoms with Crippen LogP contribution in [0.4, 0.5) is 0 Å². The number of nitrogens with zero attached hydrogens (tertiary/aromatic N) is 3. The molecule has 2 heterocycles. The molecule has 3 rings (SSSR count). The smallest absolute Gasteiger partial charge is 0.277 e. The molecule has 1 aliphatic rings. The average molecular weight is 274 g/mol. The maximum absolute atomic E-state index is 12.2. The molecule has 1 unspecified atom stereocenters. The van der Waals surface area contributed by atoms with Gasteiger partial charge in [0.2, 0.25) is 0 Å². The van der Waals surface area contributed by atoms with Crippen LogP contribution < -0.4 is 10.9 Å². The zero-order chi connectivity index (χ0) is 13.8. The zero-order valence-corrected chi connectivity index (χ0v) is 11.3. The van der Waals surface area contributed by atoms with E-state index in [0.29, 0.717) is 30.1 Å². The van der Waals surface area contributed by atoms with Gasteiger partial charge in [-0.15, -0.1) is 5.10 Å². The highest BCUT2D eigenvalue weighted by molar-refractivity contribution is 5.76. The molecule has 0 bridgehead atoms. The highest BCUT2D eigenvalue weighted by Crippen LogP contribution is 2.10. The van der Waals surface area contributed by atoms with Gasteiger partial charge in [0.1, 0.15) is 5.52 Å². The van der Waals surface area contributed by atoms with Crippen molar-refractivity contribution in [2.45, 2.75) is 25.5 Å². The molecule has 0 saturated carbocycles. The summed E-state index contributed by atoms with van der Waals surface area (Å²) in [5.74, 6) is 0. The van der Waals surface area contributed by atoms with Crippen LogP contribution >= 0.6 is 0 Å². The minimum atomic E-state index is -0.0884. The van der Waals surface area contributed by atoms with Crippen LogP contribution in [0.2, 0.25) is 0 Å². The van der Waals surface area contributed by atoms with E-state index in [4.69, 9.17) is 4.74 Å². The molecule has 0 spiro atoms. The molecule has 2 aromatic rings. The monoisotopic (exact) mass is 274 g/mol. The molecule has 1 aromatic heterocycles. The van der Waals surface area contributed by atoms with E-state index in [2.05, 4.69) is 15.6 Å². The average Bonchev–Trinajstić information content (AvgIpc) is 2.99. The summed E-state index contributed by atoms with van der Waals surface area (Å²) in [5, 5.41) is 11.9. The summed E-state index contributed by atoms with van der Waals surface area (Å²) in [6.07, 6.45) is 2.57. The van der Waals surface area contributed by atoms with Gasteiger partial charge in [0.25, 0.3) is 5.56 Å². The molecular formula is C14H18N4O2. The van der Waals surface area contributed by atoms with Crippen molar-refractivity contribution < 1.29 is 4.74 Å². The molecule has 1 aliphatic heterocycles. The Hall–Kier alpha value is -1.79. The molecule has 1 aromatic carbocycles. The van der Waals surface area contributed by atoms with Crippen LogP contribution in [0.25, 0.3) is 10.9 Å². The second-order valence-corrected chi connectivity index (χ2v) is 4.97. The molecular weight excluding hydrogens is 256 g/mol. The molecule has 1 N–H and O–H groups in total. The van der Waals surface area contributed by atoms with Crippen molar-refractivity contribution >= 4 is 10.9 Å². The molecule has 0 radical (unpaired) electrons. The standard InChI is InChI=1S/C14H18N4O2/c19-14-12-5-1-2-6-13(12)16-17-18(14)8-7-15-10-11-4-3-9-20-11/h1-2,5-6,11,15H,3-4,7-10H2. The molecule has 6 heteroatoms. The third-order valence-corrected chi connectivity index (χ3v) is 3.53. The number of nitrogens with one attached hydrogen (secondary N) is 1. The third kappa shape index (κ3) is 2.86. The van der Waals surface area contributed by atoms with Gasteiger partial charge in [0.05, 0.1) is 18.0 Å². The molecule has 1 saturated heterocycles. The normalized spacial score (nSPS) is 18.7. The Kier molecular flexibility index (Phi) is 4.03. The van der Waals surface area contributed by atoms with Crippen LogP contribution in [-0.2, 0) is 11.3 Å². The number of aromatic nitrogens is 3. The van der Waals surface area contributed by atoms with Crippen LogP contribution in [0.1, 0.15) is 12.8 Å². The number of ether oxygens (including phenoxy) is 1. The largest absolute Gasteiger partial charge is 0.377 e. The molecule has 0 amide bonds. The Morgan fingerprint density at radius 3 is 3.15 bits per heavy atom. The minimum Gasteiger partial charge on any atom is -0.377 e. The Morgan fingerprint density at radius 2 is 2.30 bits per heavy atom. The molecule has 1 fully saturated rings. The lowest BCUT2D eigenvalue weighted by Crippen LogP contribution is -2.33. The molecule has 1 atom stereocenters. The third-order valence-electron chi connectivity index (χ3n) is 3.53. The second-order valence-electron chi connectivity index (χ2n) is 4.97. The molecule has 6 nitrogen and oxygen atoms in total. The summed E-state index contributed by atoms with van der Waals surface area (Å²) in [6, 6.07) is 7.27. The van der Waals surface area contributed by atoms with E-state index in [1.54, 1.807) is 12.1 Å². The van der Waals surface area contributed by atoms with Gasteiger partial charge >= 0.3 is 0 Å². The summed E-state index contributed by atoms with van der Waals surface area (Å²) >= 11 is 0. The first-order valence-corrected chi connectivity index (χ1v) is 6.99. The van der Waals surface area contributed by atoms with Crippen molar-refractivity contribution in [3.05, 3.63) is 34.6 Å². The van der Waals surface area contributed by atoms with Gasteiger partial charge in [-0.05, 0) is 25.0 Å². The highest BCUT2D eigenvalue weighted by Gasteiger charge is 2.14. The van der Waals surface area contributed by atoms with Gasteiger partial charge in [0.15, 0.2) is 0 Å². The quantitative estimate of drug-likeness (QED) is 0.807. The van der Waals surface area contributed by atoms with E-state index >= 15 is 0 Å². The zero-order valence-electron chi connectivity index (χ0n) is 11.3. The lowest BCUT2D eigenvalue weighted by Gasteiger charge is -2.10. The fourth-order valence-electron chi connectivity index (χ4n) is 2.42. The predicted molar refractivity (Wildman–Crippen MR) is 75.6 cm³/mol. The van der Waals surface area contributed by atoms with E-state index in [1.165, 1.54) is 4.68 Å². The maximum atomic E-state index is 12.2. The van der Waals surface area contributed by atoms with Crippen LogP contribution in [0, 0.1) is 0 Å². The summed E-state index contributed by atoms with van der Waals surface area (Å²) in [4.78, 5) is 12.2.